The summed E-state index contributed by atoms with van der Waals surface area (Å²) in [6.45, 7) is -0.143. The number of aliphatic hydroxyl groups excluding tert-OH is 1. The lowest BCUT2D eigenvalue weighted by Crippen LogP contribution is -2.56. The van der Waals surface area contributed by atoms with Crippen LogP contribution in [-0.4, -0.2) is 63.2 Å². The number of aromatic amines is 1. The van der Waals surface area contributed by atoms with Gasteiger partial charge in [0.2, 0.25) is 21.9 Å². The molecule has 12 heteroatoms. The zero-order valence-corrected chi connectivity index (χ0v) is 20.2. The van der Waals surface area contributed by atoms with Crippen molar-refractivity contribution >= 4 is 27.6 Å². The first kappa shape index (κ1) is 23.5. The first-order chi connectivity index (χ1) is 17.0. The number of aliphatic hydroxyl groups is 1. The Morgan fingerprint density at radius 2 is 1.86 bits per heavy atom. The largest absolute Gasteiger partial charge is 0.481 e. The van der Waals surface area contributed by atoms with Gasteiger partial charge in [-0.15, -0.1) is 0 Å². The van der Waals surface area contributed by atoms with E-state index in [1.54, 1.807) is 40.7 Å². The molecule has 3 atom stereocenters. The standard InChI is InChI=1S/C23H29N7O4S/c1-34-22-13-20(25-21-12-16(14-31)28-29-21)26-23(27-22)24-15-10-17-6-5-7-18(11-15)30(17)35(32,33)19-8-3-2-4-9-19/h2-4,8-9,12-13,15,17-18,31H,5-7,10-11,14H2,1H3,(H3,24,25,26,27,28,29)/t15-,17+,18-. The molecule has 5 rings (SSSR count). The van der Waals surface area contributed by atoms with Gasteiger partial charge in [0, 0.05) is 30.3 Å². The minimum atomic E-state index is -3.55. The zero-order chi connectivity index (χ0) is 24.4. The van der Waals surface area contributed by atoms with E-state index in [0.717, 1.165) is 19.3 Å². The van der Waals surface area contributed by atoms with E-state index < -0.39 is 10.0 Å². The Morgan fingerprint density at radius 3 is 2.51 bits per heavy atom. The van der Waals surface area contributed by atoms with Crippen LogP contribution in [0.2, 0.25) is 0 Å². The predicted octanol–water partition coefficient (Wildman–Crippen LogP) is 2.63. The second-order valence-electron chi connectivity index (χ2n) is 8.88. The minimum Gasteiger partial charge on any atom is -0.481 e. The maximum absolute atomic E-state index is 13.4. The van der Waals surface area contributed by atoms with Gasteiger partial charge in [-0.3, -0.25) is 5.10 Å². The van der Waals surface area contributed by atoms with Crippen molar-refractivity contribution in [2.45, 2.75) is 61.7 Å². The molecule has 2 fully saturated rings. The highest BCUT2D eigenvalue weighted by Gasteiger charge is 2.45. The van der Waals surface area contributed by atoms with Gasteiger partial charge in [-0.25, -0.2) is 8.42 Å². The van der Waals surface area contributed by atoms with Crippen LogP contribution in [0.25, 0.3) is 0 Å². The van der Waals surface area contributed by atoms with E-state index in [4.69, 9.17) is 4.74 Å². The summed E-state index contributed by atoms with van der Waals surface area (Å²) in [5.41, 5.74) is 0.579. The Morgan fingerprint density at radius 1 is 1.11 bits per heavy atom. The molecule has 2 aliphatic rings. The van der Waals surface area contributed by atoms with Crippen LogP contribution in [0.5, 0.6) is 5.88 Å². The lowest BCUT2D eigenvalue weighted by atomic mass is 9.84. The Bertz CT molecular complexity index is 1250. The molecule has 0 aliphatic carbocycles. The number of sulfonamides is 1. The molecule has 0 radical (unpaired) electrons. The fourth-order valence-corrected chi connectivity index (χ4v) is 6.95. The molecule has 0 unspecified atom stereocenters. The van der Waals surface area contributed by atoms with Crippen molar-refractivity contribution in [3.05, 3.63) is 48.2 Å². The summed E-state index contributed by atoms with van der Waals surface area (Å²) in [6, 6.07) is 11.9. The van der Waals surface area contributed by atoms with Crippen molar-refractivity contribution in [1.29, 1.82) is 0 Å². The smallest absolute Gasteiger partial charge is 0.243 e. The summed E-state index contributed by atoms with van der Waals surface area (Å²) in [6.07, 6.45) is 4.03. The van der Waals surface area contributed by atoms with Crippen molar-refractivity contribution in [2.75, 3.05) is 17.7 Å². The molecule has 0 amide bonds. The second-order valence-corrected chi connectivity index (χ2v) is 10.7. The minimum absolute atomic E-state index is 0.0267. The molecule has 2 saturated heterocycles. The van der Waals surface area contributed by atoms with Crippen LogP contribution in [0.4, 0.5) is 17.6 Å². The number of benzene rings is 1. The van der Waals surface area contributed by atoms with E-state index in [0.29, 0.717) is 46.9 Å². The first-order valence-electron chi connectivity index (χ1n) is 11.7. The molecule has 0 saturated carbocycles. The van der Waals surface area contributed by atoms with Crippen molar-refractivity contribution in [2.24, 2.45) is 0 Å². The van der Waals surface area contributed by atoms with Gasteiger partial charge in [-0.2, -0.15) is 19.4 Å². The number of nitrogens with one attached hydrogen (secondary N) is 3. The van der Waals surface area contributed by atoms with Gasteiger partial charge in [0.05, 0.1) is 24.3 Å². The Labute approximate surface area is 204 Å². The number of piperidine rings is 2. The third-order valence-corrected chi connectivity index (χ3v) is 8.55. The number of methoxy groups -OCH3 is 1. The Hall–Kier alpha value is -3.22. The highest BCUT2D eigenvalue weighted by atomic mass is 32.2. The number of hydrogen-bond donors (Lipinski definition) is 4. The average molecular weight is 500 g/mol. The average Bonchev–Trinajstić information content (AvgIpc) is 3.31. The SMILES string of the molecule is COc1cc(Nc2cc(CO)[nH]n2)nc(N[C@H]2C[C@H]3CCC[C@@H](C2)N3S(=O)(=O)c2ccccc2)n1. The number of rotatable bonds is 8. The molecular weight excluding hydrogens is 470 g/mol. The molecular formula is C23H29N7O4S. The molecule has 186 valence electrons. The van der Waals surface area contributed by atoms with Gasteiger partial charge < -0.3 is 20.5 Å². The maximum Gasteiger partial charge on any atom is 0.243 e. The van der Waals surface area contributed by atoms with Gasteiger partial charge >= 0.3 is 0 Å². The van der Waals surface area contributed by atoms with Crippen LogP contribution in [0.15, 0.2) is 47.4 Å². The van der Waals surface area contributed by atoms with E-state index in [1.807, 2.05) is 6.07 Å². The Kier molecular flexibility index (Phi) is 6.58. The second kappa shape index (κ2) is 9.80. The van der Waals surface area contributed by atoms with Crippen LogP contribution in [0, 0.1) is 0 Å². The molecule has 35 heavy (non-hydrogen) atoms. The number of H-pyrrole nitrogens is 1. The molecule has 4 heterocycles. The molecule has 3 aromatic rings. The lowest BCUT2D eigenvalue weighted by Gasteiger charge is -2.47. The number of fused-ring (bicyclic) bond motifs is 2. The lowest BCUT2D eigenvalue weighted by molar-refractivity contribution is 0.115. The zero-order valence-electron chi connectivity index (χ0n) is 19.4. The number of hydrogen-bond acceptors (Lipinski definition) is 9. The van der Waals surface area contributed by atoms with Gasteiger partial charge in [0.25, 0.3) is 0 Å². The summed E-state index contributed by atoms with van der Waals surface area (Å²) >= 11 is 0. The number of anilines is 3. The van der Waals surface area contributed by atoms with Crippen LogP contribution >= 0.6 is 0 Å². The molecule has 1 aromatic carbocycles. The summed E-state index contributed by atoms with van der Waals surface area (Å²) in [5, 5.41) is 22.5. The molecule has 2 aromatic heterocycles. The Balaban J connectivity index is 1.33. The quantitative estimate of drug-likeness (QED) is 0.367. The normalized spacial score (nSPS) is 22.5. The fourth-order valence-electron chi connectivity index (χ4n) is 5.04. The summed E-state index contributed by atoms with van der Waals surface area (Å²) in [7, 11) is -2.02. The number of ether oxygens (including phenoxy) is 1. The maximum atomic E-state index is 13.4. The van der Waals surface area contributed by atoms with Crippen molar-refractivity contribution in [3.8, 4) is 5.88 Å². The summed E-state index contributed by atoms with van der Waals surface area (Å²) in [4.78, 5) is 9.33. The van der Waals surface area contributed by atoms with E-state index in [9.17, 15) is 13.5 Å². The van der Waals surface area contributed by atoms with Crippen molar-refractivity contribution in [1.82, 2.24) is 24.5 Å². The molecule has 2 aliphatic heterocycles. The predicted molar refractivity (Wildman–Crippen MR) is 130 cm³/mol. The van der Waals surface area contributed by atoms with Crippen LogP contribution in [0.1, 0.15) is 37.8 Å². The van der Waals surface area contributed by atoms with Crippen LogP contribution in [-0.2, 0) is 16.6 Å². The van der Waals surface area contributed by atoms with Crippen LogP contribution in [0.3, 0.4) is 0 Å². The van der Waals surface area contributed by atoms with E-state index in [2.05, 4.69) is 30.8 Å². The highest BCUT2D eigenvalue weighted by molar-refractivity contribution is 7.89. The van der Waals surface area contributed by atoms with Gasteiger partial charge in [0.1, 0.15) is 5.82 Å². The molecule has 0 spiro atoms. The molecule has 4 N–H and O–H groups in total. The first-order valence-corrected chi connectivity index (χ1v) is 13.1. The third kappa shape index (κ3) is 4.95. The molecule has 2 bridgehead atoms. The molecule has 11 nitrogen and oxygen atoms in total. The summed E-state index contributed by atoms with van der Waals surface area (Å²) in [5.74, 6) is 1.77. The van der Waals surface area contributed by atoms with Crippen LogP contribution < -0.4 is 15.4 Å². The van der Waals surface area contributed by atoms with E-state index >= 15 is 0 Å². The topological polar surface area (TPSA) is 145 Å². The van der Waals surface area contributed by atoms with E-state index in [-0.39, 0.29) is 24.7 Å². The number of aromatic nitrogens is 4. The van der Waals surface area contributed by atoms with Gasteiger partial charge in [-0.05, 0) is 37.8 Å². The monoisotopic (exact) mass is 499 g/mol. The van der Waals surface area contributed by atoms with Gasteiger partial charge in [-0.1, -0.05) is 24.6 Å². The summed E-state index contributed by atoms with van der Waals surface area (Å²) < 4.78 is 33.9. The van der Waals surface area contributed by atoms with Gasteiger partial charge in [0.15, 0.2) is 5.82 Å². The van der Waals surface area contributed by atoms with Crippen molar-refractivity contribution < 1.29 is 18.3 Å². The third-order valence-electron chi connectivity index (χ3n) is 6.53. The van der Waals surface area contributed by atoms with Crippen molar-refractivity contribution in [3.63, 3.8) is 0 Å². The fraction of sp³-hybridized carbons (Fsp3) is 0.435. The highest BCUT2D eigenvalue weighted by Crippen LogP contribution is 2.39. The van der Waals surface area contributed by atoms with E-state index in [1.165, 1.54) is 7.11 Å². The number of nitrogens with zero attached hydrogens (tertiary/aromatic N) is 4.